The van der Waals surface area contributed by atoms with Crippen LogP contribution in [0, 0.1) is 0 Å². The first kappa shape index (κ1) is 13.7. The van der Waals surface area contributed by atoms with Crippen LogP contribution < -0.4 is 5.32 Å². The fourth-order valence-electron chi connectivity index (χ4n) is 2.37. The summed E-state index contributed by atoms with van der Waals surface area (Å²) in [4.78, 5) is 18.4. The number of aliphatic imine (C=N–C) groups is 1. The molecule has 2 aliphatic rings. The molecule has 0 aromatic carbocycles. The summed E-state index contributed by atoms with van der Waals surface area (Å²) in [5.41, 5.74) is 0. The van der Waals surface area contributed by atoms with Crippen LogP contribution in [-0.2, 0) is 4.79 Å². The van der Waals surface area contributed by atoms with E-state index in [1.165, 1.54) is 12.8 Å². The SMILES string of the molecule is CCC1CCSC(=NCC(=O)N2CCCCC2)N1. The van der Waals surface area contributed by atoms with Crippen LogP contribution in [0.15, 0.2) is 4.99 Å². The number of carbonyl (C=O) groups excluding carboxylic acids is 1. The first-order valence-electron chi connectivity index (χ1n) is 7.01. The molecule has 1 unspecified atom stereocenters. The second kappa shape index (κ2) is 7.02. The van der Waals surface area contributed by atoms with Gasteiger partial charge in [0, 0.05) is 24.9 Å². The lowest BCUT2D eigenvalue weighted by atomic mass is 10.1. The van der Waals surface area contributed by atoms with Gasteiger partial charge in [0.15, 0.2) is 5.17 Å². The maximum absolute atomic E-state index is 12.0. The van der Waals surface area contributed by atoms with E-state index >= 15 is 0 Å². The third kappa shape index (κ3) is 3.90. The van der Waals surface area contributed by atoms with Crippen LogP contribution in [0.1, 0.15) is 39.0 Å². The van der Waals surface area contributed by atoms with E-state index in [1.54, 1.807) is 11.8 Å². The van der Waals surface area contributed by atoms with Gasteiger partial charge >= 0.3 is 0 Å². The minimum atomic E-state index is 0.184. The van der Waals surface area contributed by atoms with Gasteiger partial charge in [0.25, 0.3) is 0 Å². The Morgan fingerprint density at radius 3 is 2.94 bits per heavy atom. The zero-order chi connectivity index (χ0) is 12.8. The molecule has 2 heterocycles. The monoisotopic (exact) mass is 269 g/mol. The Labute approximate surface area is 114 Å². The number of nitrogens with one attached hydrogen (secondary N) is 1. The van der Waals surface area contributed by atoms with Crippen molar-refractivity contribution >= 4 is 22.8 Å². The van der Waals surface area contributed by atoms with Crippen molar-refractivity contribution in [1.29, 1.82) is 0 Å². The molecule has 0 bridgehead atoms. The molecule has 18 heavy (non-hydrogen) atoms. The van der Waals surface area contributed by atoms with Crippen molar-refractivity contribution in [3.05, 3.63) is 0 Å². The number of amidine groups is 1. The number of piperidine rings is 1. The van der Waals surface area contributed by atoms with E-state index in [-0.39, 0.29) is 5.91 Å². The van der Waals surface area contributed by atoms with E-state index < -0.39 is 0 Å². The number of nitrogens with zero attached hydrogens (tertiary/aromatic N) is 2. The van der Waals surface area contributed by atoms with Crippen molar-refractivity contribution in [3.63, 3.8) is 0 Å². The molecular weight excluding hydrogens is 246 g/mol. The first-order chi connectivity index (χ1) is 8.79. The second-order valence-electron chi connectivity index (χ2n) is 4.95. The van der Waals surface area contributed by atoms with E-state index in [2.05, 4.69) is 17.2 Å². The summed E-state index contributed by atoms with van der Waals surface area (Å²) in [7, 11) is 0. The molecule has 102 valence electrons. The second-order valence-corrected chi connectivity index (χ2v) is 6.03. The summed E-state index contributed by atoms with van der Waals surface area (Å²) >= 11 is 1.74. The highest BCUT2D eigenvalue weighted by atomic mass is 32.2. The van der Waals surface area contributed by atoms with Gasteiger partial charge in [-0.3, -0.25) is 9.79 Å². The van der Waals surface area contributed by atoms with Crippen LogP contribution in [0.4, 0.5) is 0 Å². The number of amides is 1. The summed E-state index contributed by atoms with van der Waals surface area (Å²) in [6.07, 6.45) is 5.87. The van der Waals surface area contributed by atoms with Crippen LogP contribution in [-0.4, -0.2) is 47.4 Å². The number of hydrogen-bond acceptors (Lipinski definition) is 3. The molecule has 1 atom stereocenters. The third-order valence-electron chi connectivity index (χ3n) is 3.59. The van der Waals surface area contributed by atoms with Crippen LogP contribution >= 0.6 is 11.8 Å². The van der Waals surface area contributed by atoms with Gasteiger partial charge in [-0.2, -0.15) is 0 Å². The Hall–Kier alpha value is -0.710. The minimum Gasteiger partial charge on any atom is -0.362 e. The van der Waals surface area contributed by atoms with Gasteiger partial charge in [0.05, 0.1) is 0 Å². The molecule has 2 saturated heterocycles. The maximum Gasteiger partial charge on any atom is 0.244 e. The van der Waals surface area contributed by atoms with Crippen LogP contribution in [0.2, 0.25) is 0 Å². The van der Waals surface area contributed by atoms with E-state index in [4.69, 9.17) is 0 Å². The molecule has 2 fully saturated rings. The number of hydrogen-bond donors (Lipinski definition) is 1. The Morgan fingerprint density at radius 2 is 2.22 bits per heavy atom. The number of likely N-dealkylation sites (tertiary alicyclic amines) is 1. The molecule has 0 spiro atoms. The summed E-state index contributed by atoms with van der Waals surface area (Å²) in [6.45, 7) is 4.33. The normalized spacial score (nSPS) is 27.1. The topological polar surface area (TPSA) is 44.7 Å². The summed E-state index contributed by atoms with van der Waals surface area (Å²) in [6, 6.07) is 0.537. The van der Waals surface area contributed by atoms with Gasteiger partial charge in [-0.25, -0.2) is 0 Å². The van der Waals surface area contributed by atoms with Gasteiger partial charge in [-0.05, 0) is 32.1 Å². The molecule has 0 radical (unpaired) electrons. The molecule has 0 aromatic heterocycles. The van der Waals surface area contributed by atoms with E-state index in [0.29, 0.717) is 12.6 Å². The van der Waals surface area contributed by atoms with Crippen LogP contribution in [0.25, 0.3) is 0 Å². The molecule has 1 N–H and O–H groups in total. The molecule has 0 aromatic rings. The first-order valence-corrected chi connectivity index (χ1v) is 7.99. The van der Waals surface area contributed by atoms with Gasteiger partial charge in [-0.1, -0.05) is 18.7 Å². The Morgan fingerprint density at radius 1 is 1.44 bits per heavy atom. The number of rotatable bonds is 3. The zero-order valence-electron chi connectivity index (χ0n) is 11.2. The number of carbonyl (C=O) groups is 1. The van der Waals surface area contributed by atoms with Gasteiger partial charge in [0.1, 0.15) is 6.54 Å². The van der Waals surface area contributed by atoms with Gasteiger partial charge in [-0.15, -0.1) is 0 Å². The molecule has 2 rings (SSSR count). The molecule has 1 amide bonds. The van der Waals surface area contributed by atoms with Crippen molar-refractivity contribution in [1.82, 2.24) is 10.2 Å². The quantitative estimate of drug-likeness (QED) is 0.850. The van der Waals surface area contributed by atoms with Crippen molar-refractivity contribution in [2.45, 2.75) is 45.1 Å². The van der Waals surface area contributed by atoms with Crippen molar-refractivity contribution in [3.8, 4) is 0 Å². The minimum absolute atomic E-state index is 0.184. The fourth-order valence-corrected chi connectivity index (χ4v) is 3.37. The Kier molecular flexibility index (Phi) is 5.35. The van der Waals surface area contributed by atoms with Gasteiger partial charge < -0.3 is 10.2 Å². The largest absolute Gasteiger partial charge is 0.362 e. The maximum atomic E-state index is 12.0. The van der Waals surface area contributed by atoms with Crippen molar-refractivity contribution < 1.29 is 4.79 Å². The van der Waals surface area contributed by atoms with Crippen LogP contribution in [0.5, 0.6) is 0 Å². The summed E-state index contributed by atoms with van der Waals surface area (Å²) in [5, 5.41) is 4.36. The number of thioether (sulfide) groups is 1. The molecule has 4 nitrogen and oxygen atoms in total. The molecule has 0 aliphatic carbocycles. The highest BCUT2D eigenvalue weighted by molar-refractivity contribution is 8.13. The average Bonchev–Trinajstić information content (AvgIpc) is 2.46. The fraction of sp³-hybridized carbons (Fsp3) is 0.846. The Balaban J connectivity index is 1.79. The summed E-state index contributed by atoms with van der Waals surface area (Å²) < 4.78 is 0. The highest BCUT2D eigenvalue weighted by Crippen LogP contribution is 2.16. The standard InChI is InChI=1S/C13H23N3OS/c1-2-11-6-9-18-13(15-11)14-10-12(17)16-7-4-3-5-8-16/h11H,2-10H2,1H3,(H,14,15). The van der Waals surface area contributed by atoms with Gasteiger partial charge in [0.2, 0.25) is 5.91 Å². The average molecular weight is 269 g/mol. The molecule has 2 aliphatic heterocycles. The van der Waals surface area contributed by atoms with E-state index in [9.17, 15) is 4.79 Å². The zero-order valence-corrected chi connectivity index (χ0v) is 12.0. The van der Waals surface area contributed by atoms with E-state index in [0.717, 1.165) is 43.3 Å². The lowest BCUT2D eigenvalue weighted by Gasteiger charge is -2.27. The highest BCUT2D eigenvalue weighted by Gasteiger charge is 2.18. The summed E-state index contributed by atoms with van der Waals surface area (Å²) in [5.74, 6) is 1.30. The van der Waals surface area contributed by atoms with Crippen molar-refractivity contribution in [2.24, 2.45) is 4.99 Å². The predicted molar refractivity (Wildman–Crippen MR) is 77.0 cm³/mol. The Bertz CT molecular complexity index is 313. The smallest absolute Gasteiger partial charge is 0.244 e. The molecular formula is C13H23N3OS. The van der Waals surface area contributed by atoms with Crippen LogP contribution in [0.3, 0.4) is 0 Å². The van der Waals surface area contributed by atoms with E-state index in [1.807, 2.05) is 4.90 Å². The third-order valence-corrected chi connectivity index (χ3v) is 4.55. The molecule has 5 heteroatoms. The molecule has 0 saturated carbocycles. The predicted octanol–water partition coefficient (Wildman–Crippen LogP) is 1.86. The van der Waals surface area contributed by atoms with Crippen molar-refractivity contribution in [2.75, 3.05) is 25.4 Å². The lowest BCUT2D eigenvalue weighted by molar-refractivity contribution is -0.130. The lowest BCUT2D eigenvalue weighted by Crippen LogP contribution is -2.39.